The zero-order valence-electron chi connectivity index (χ0n) is 29.6. The number of fused-ring (bicyclic) bond motifs is 1. The molecule has 4 amide bonds. The van der Waals surface area contributed by atoms with Crippen LogP contribution in [0.3, 0.4) is 0 Å². The van der Waals surface area contributed by atoms with Crippen LogP contribution in [0.5, 0.6) is 17.2 Å². The van der Waals surface area contributed by atoms with Crippen LogP contribution in [0.15, 0.2) is 79.1 Å². The summed E-state index contributed by atoms with van der Waals surface area (Å²) in [6.07, 6.45) is 7.54. The highest BCUT2D eigenvalue weighted by Gasteiger charge is 2.45. The third kappa shape index (κ3) is 6.74. The zero-order valence-corrected chi connectivity index (χ0v) is 29.6. The summed E-state index contributed by atoms with van der Waals surface area (Å²) in [6, 6.07) is 20.3. The Bertz CT molecular complexity index is 2060. The van der Waals surface area contributed by atoms with Gasteiger partial charge in [0.25, 0.3) is 11.8 Å². The van der Waals surface area contributed by atoms with Crippen molar-refractivity contribution in [1.82, 2.24) is 20.2 Å². The minimum atomic E-state index is -0.989. The first-order valence-electron chi connectivity index (χ1n) is 18.2. The van der Waals surface area contributed by atoms with Gasteiger partial charge in [0.15, 0.2) is 11.6 Å². The zero-order chi connectivity index (χ0) is 36.9. The van der Waals surface area contributed by atoms with E-state index in [0.717, 1.165) is 53.9 Å². The second kappa shape index (κ2) is 13.7. The molecule has 2 atom stereocenters. The molecule has 4 aliphatic rings. The second-order valence-electron chi connectivity index (χ2n) is 14.9. The summed E-state index contributed by atoms with van der Waals surface area (Å²) in [6.45, 7) is 4.35. The van der Waals surface area contributed by atoms with E-state index in [1.165, 1.54) is 0 Å². The maximum Gasteiger partial charge on any atom is 0.262 e. The van der Waals surface area contributed by atoms with Gasteiger partial charge in [-0.15, -0.1) is 0 Å². The number of ether oxygens (including phenoxy) is 2. The molecule has 8 rings (SSSR count). The smallest absolute Gasteiger partial charge is 0.262 e. The summed E-state index contributed by atoms with van der Waals surface area (Å²) in [5.74, 6) is 0.608. The maximum absolute atomic E-state index is 13.2. The van der Waals surface area contributed by atoms with Gasteiger partial charge in [-0.2, -0.15) is 0 Å². The monoisotopic (exact) mass is 715 g/mol. The topological polar surface area (TPSA) is 160 Å². The van der Waals surface area contributed by atoms with Crippen LogP contribution < -0.4 is 20.1 Å². The van der Waals surface area contributed by atoms with Crippen LogP contribution in [-0.2, 0) is 15.0 Å². The van der Waals surface area contributed by atoms with E-state index in [2.05, 4.69) is 58.7 Å². The molecule has 4 aromatic rings. The number of anilines is 1. The van der Waals surface area contributed by atoms with Gasteiger partial charge in [0.05, 0.1) is 23.5 Å². The molecular weight excluding hydrogens is 674 g/mol. The quantitative estimate of drug-likeness (QED) is 0.161. The van der Waals surface area contributed by atoms with Gasteiger partial charge in [-0.25, -0.2) is 9.97 Å². The van der Waals surface area contributed by atoms with E-state index in [4.69, 9.17) is 9.47 Å². The van der Waals surface area contributed by atoms with Crippen molar-refractivity contribution >= 4 is 29.3 Å². The van der Waals surface area contributed by atoms with Gasteiger partial charge in [0, 0.05) is 36.4 Å². The van der Waals surface area contributed by atoms with Crippen molar-refractivity contribution in [1.29, 1.82) is 0 Å². The van der Waals surface area contributed by atoms with Gasteiger partial charge in [0.2, 0.25) is 11.8 Å². The van der Waals surface area contributed by atoms with Crippen LogP contribution in [0, 0.1) is 5.92 Å². The fraction of sp³-hybridized carbons (Fsp3) is 0.366. The molecule has 1 saturated heterocycles. The molecule has 0 radical (unpaired) electrons. The first-order valence-corrected chi connectivity index (χ1v) is 18.2. The molecule has 2 aliphatic heterocycles. The molecule has 2 saturated carbocycles. The minimum Gasteiger partial charge on any atom is -0.490 e. The summed E-state index contributed by atoms with van der Waals surface area (Å²) < 4.78 is 12.2. The first-order chi connectivity index (χ1) is 25.5. The van der Waals surface area contributed by atoms with E-state index in [0.29, 0.717) is 23.0 Å². The molecule has 3 heterocycles. The molecule has 53 heavy (non-hydrogen) atoms. The molecule has 2 unspecified atom stereocenters. The second-order valence-corrected chi connectivity index (χ2v) is 14.9. The average molecular weight is 716 g/mol. The Morgan fingerprint density at radius 2 is 1.47 bits per heavy atom. The number of hydrogen-bond acceptors (Lipinski definition) is 10. The summed E-state index contributed by atoms with van der Waals surface area (Å²) in [5.41, 5.74) is 3.22. The summed E-state index contributed by atoms with van der Waals surface area (Å²) in [4.78, 5) is 59.7. The number of aliphatic hydroxyl groups excluding tert-OH is 1. The maximum atomic E-state index is 13.2. The number of carbonyl (C=O) groups excluding carboxylic acids is 4. The van der Waals surface area contributed by atoms with E-state index in [1.54, 1.807) is 30.6 Å². The number of aliphatic hydroxyl groups is 1. The standard InChI is InChI=1S/C41H41N5O7/c1-41(2,25-8-13-29(14-9-25)53-31-21-42-37(43-22-31)36(48)23-4-3-5-23)24-6-11-28(12-7-24)52-30-18-27(19-30)44-26-10-15-32-33(20-26)40(51)46(39(32)50)34-16-17-35(47)45-38(34)49/h6-15,20-23,27,30,34,36,44,48H,3-5,16-19H2,1-2H3,(H,45,47,49). The Morgan fingerprint density at radius 1 is 0.830 bits per heavy atom. The van der Waals surface area contributed by atoms with Crippen molar-refractivity contribution in [3.05, 3.63) is 107 Å². The molecular formula is C41H41N5O7. The first kappa shape index (κ1) is 34.5. The van der Waals surface area contributed by atoms with E-state index in [9.17, 15) is 24.3 Å². The van der Waals surface area contributed by atoms with Crippen LogP contribution in [0.1, 0.15) is 103 Å². The Morgan fingerprint density at radius 3 is 2.09 bits per heavy atom. The number of aromatic nitrogens is 2. The molecule has 0 bridgehead atoms. The molecule has 3 N–H and O–H groups in total. The molecule has 3 fully saturated rings. The Balaban J connectivity index is 0.823. The van der Waals surface area contributed by atoms with Crippen LogP contribution in [-0.4, -0.2) is 61.8 Å². The van der Waals surface area contributed by atoms with Crippen molar-refractivity contribution in [2.45, 2.75) is 88.5 Å². The highest BCUT2D eigenvalue weighted by molar-refractivity contribution is 6.23. The van der Waals surface area contributed by atoms with Crippen LogP contribution >= 0.6 is 0 Å². The van der Waals surface area contributed by atoms with Gasteiger partial charge >= 0.3 is 0 Å². The van der Waals surface area contributed by atoms with Crippen molar-refractivity contribution in [3.63, 3.8) is 0 Å². The summed E-state index contributed by atoms with van der Waals surface area (Å²) in [7, 11) is 0. The number of carbonyl (C=O) groups is 4. The van der Waals surface area contributed by atoms with Crippen LogP contribution in [0.25, 0.3) is 0 Å². The predicted octanol–water partition coefficient (Wildman–Crippen LogP) is 5.85. The van der Waals surface area contributed by atoms with E-state index in [-0.39, 0.29) is 47.4 Å². The highest BCUT2D eigenvalue weighted by Crippen LogP contribution is 2.38. The predicted molar refractivity (Wildman–Crippen MR) is 194 cm³/mol. The van der Waals surface area contributed by atoms with Gasteiger partial charge in [-0.3, -0.25) is 29.4 Å². The molecule has 272 valence electrons. The van der Waals surface area contributed by atoms with Gasteiger partial charge in [-0.1, -0.05) is 44.5 Å². The molecule has 12 heteroatoms. The van der Waals surface area contributed by atoms with Crippen molar-refractivity contribution in [2.75, 3.05) is 5.32 Å². The number of hydrogen-bond donors (Lipinski definition) is 3. The Kier molecular flexibility index (Phi) is 8.93. The number of benzene rings is 3. The van der Waals surface area contributed by atoms with Crippen molar-refractivity contribution in [2.24, 2.45) is 5.92 Å². The number of piperidine rings is 1. The van der Waals surface area contributed by atoms with Gasteiger partial charge < -0.3 is 19.9 Å². The lowest BCUT2D eigenvalue weighted by Gasteiger charge is -2.36. The Labute approximate surface area is 306 Å². The van der Waals surface area contributed by atoms with Gasteiger partial charge in [-0.05, 0) is 78.8 Å². The Hall–Kier alpha value is -5.62. The molecule has 12 nitrogen and oxygen atoms in total. The van der Waals surface area contributed by atoms with E-state index < -0.39 is 35.8 Å². The summed E-state index contributed by atoms with van der Waals surface area (Å²) in [5, 5.41) is 16.1. The number of imide groups is 2. The SMILES string of the molecule is CC(C)(c1ccc(Oc2cnc(C(O)C3CCC3)nc2)cc1)c1ccc(OC2CC(Nc3ccc4c(c3)C(=O)N(C3CCC(=O)NC3=O)C4=O)C2)cc1. The fourth-order valence-corrected chi connectivity index (χ4v) is 7.46. The third-order valence-electron chi connectivity index (χ3n) is 11.1. The molecule has 0 spiro atoms. The number of nitrogens with one attached hydrogen (secondary N) is 2. The number of nitrogens with zero attached hydrogens (tertiary/aromatic N) is 3. The average Bonchev–Trinajstić information content (AvgIpc) is 3.35. The van der Waals surface area contributed by atoms with Crippen LogP contribution in [0.4, 0.5) is 5.69 Å². The van der Waals surface area contributed by atoms with Crippen LogP contribution in [0.2, 0.25) is 0 Å². The molecule has 1 aromatic heterocycles. The molecule has 2 aliphatic carbocycles. The third-order valence-corrected chi connectivity index (χ3v) is 11.1. The normalized spacial score (nSPS) is 22.0. The summed E-state index contributed by atoms with van der Waals surface area (Å²) >= 11 is 0. The van der Waals surface area contributed by atoms with Gasteiger partial charge in [0.1, 0.15) is 29.7 Å². The fourth-order valence-electron chi connectivity index (χ4n) is 7.46. The lowest BCUT2D eigenvalue weighted by Crippen LogP contribution is -2.54. The lowest BCUT2D eigenvalue weighted by atomic mass is 9.78. The minimum absolute atomic E-state index is 0.0361. The van der Waals surface area contributed by atoms with Crippen molar-refractivity contribution < 1.29 is 33.8 Å². The molecule has 3 aromatic carbocycles. The number of rotatable bonds is 11. The largest absolute Gasteiger partial charge is 0.490 e. The van der Waals surface area contributed by atoms with E-state index in [1.807, 2.05) is 24.3 Å². The number of amides is 4. The van der Waals surface area contributed by atoms with E-state index >= 15 is 0 Å². The van der Waals surface area contributed by atoms with Crippen molar-refractivity contribution in [3.8, 4) is 17.2 Å². The lowest BCUT2D eigenvalue weighted by molar-refractivity contribution is -0.136. The highest BCUT2D eigenvalue weighted by atomic mass is 16.5.